The van der Waals surface area contributed by atoms with Gasteiger partial charge in [0.25, 0.3) is 5.91 Å². The molecule has 1 atom stereocenters. The number of rotatable bonds is 4. The fraction of sp³-hybridized carbons (Fsp3) is 0.400. The zero-order valence-corrected chi connectivity index (χ0v) is 15.2. The molecule has 4 nitrogen and oxygen atoms in total. The van der Waals surface area contributed by atoms with E-state index in [0.29, 0.717) is 11.3 Å². The van der Waals surface area contributed by atoms with Gasteiger partial charge in [-0.1, -0.05) is 30.1 Å². The van der Waals surface area contributed by atoms with Crippen LogP contribution < -0.4 is 5.32 Å². The van der Waals surface area contributed by atoms with Crippen molar-refractivity contribution in [3.63, 3.8) is 0 Å². The van der Waals surface area contributed by atoms with Gasteiger partial charge in [-0.25, -0.2) is 9.97 Å². The van der Waals surface area contributed by atoms with Crippen molar-refractivity contribution >= 4 is 40.4 Å². The molecule has 1 amide bonds. The van der Waals surface area contributed by atoms with E-state index in [1.54, 1.807) is 13.0 Å². The Balaban J connectivity index is 2.32. The minimum absolute atomic E-state index is 0.199. The molecule has 0 fully saturated rings. The Morgan fingerprint density at radius 3 is 2.59 bits per heavy atom. The van der Waals surface area contributed by atoms with Crippen LogP contribution >= 0.6 is 34.5 Å². The molecule has 1 unspecified atom stereocenters. The SMILES string of the molecule is CCC(C)(NC(=O)c1cc(Cl)c(Cl)nc1C)c1nc(C)cs1. The zero-order chi connectivity index (χ0) is 16.5. The van der Waals surface area contributed by atoms with Crippen molar-refractivity contribution in [2.24, 2.45) is 0 Å². The number of nitrogens with zero attached hydrogens (tertiary/aromatic N) is 2. The molecule has 0 radical (unpaired) electrons. The fourth-order valence-electron chi connectivity index (χ4n) is 2.00. The number of carbonyl (C=O) groups excluding carboxylic acids is 1. The summed E-state index contributed by atoms with van der Waals surface area (Å²) < 4.78 is 0. The third-order valence-corrected chi connectivity index (χ3v) is 5.45. The first kappa shape index (κ1) is 17.2. The highest BCUT2D eigenvalue weighted by atomic mass is 35.5. The van der Waals surface area contributed by atoms with E-state index in [1.807, 2.05) is 26.2 Å². The van der Waals surface area contributed by atoms with Crippen molar-refractivity contribution in [2.75, 3.05) is 0 Å². The Hall–Kier alpha value is -1.17. The van der Waals surface area contributed by atoms with Crippen molar-refractivity contribution in [1.82, 2.24) is 15.3 Å². The zero-order valence-electron chi connectivity index (χ0n) is 12.8. The number of thiazole rings is 1. The number of aryl methyl sites for hydroxylation is 2. The minimum atomic E-state index is -0.533. The van der Waals surface area contributed by atoms with Gasteiger partial charge in [-0.3, -0.25) is 4.79 Å². The van der Waals surface area contributed by atoms with E-state index in [9.17, 15) is 4.79 Å². The third kappa shape index (κ3) is 3.42. The number of pyridine rings is 1. The van der Waals surface area contributed by atoms with E-state index in [1.165, 1.54) is 11.3 Å². The van der Waals surface area contributed by atoms with Gasteiger partial charge < -0.3 is 5.32 Å². The van der Waals surface area contributed by atoms with Crippen molar-refractivity contribution < 1.29 is 4.79 Å². The van der Waals surface area contributed by atoms with Crippen LogP contribution in [0.3, 0.4) is 0 Å². The molecule has 22 heavy (non-hydrogen) atoms. The molecule has 0 aliphatic rings. The van der Waals surface area contributed by atoms with E-state index in [-0.39, 0.29) is 16.1 Å². The number of nitrogens with one attached hydrogen (secondary N) is 1. The van der Waals surface area contributed by atoms with E-state index in [0.717, 1.165) is 17.1 Å². The molecular formula is C15H17Cl2N3OS. The summed E-state index contributed by atoms with van der Waals surface area (Å²) in [5.74, 6) is -0.235. The van der Waals surface area contributed by atoms with Gasteiger partial charge in [0.15, 0.2) is 0 Å². The van der Waals surface area contributed by atoms with Gasteiger partial charge in [-0.15, -0.1) is 11.3 Å². The van der Waals surface area contributed by atoms with Crippen LogP contribution in [0, 0.1) is 13.8 Å². The van der Waals surface area contributed by atoms with E-state index in [2.05, 4.69) is 15.3 Å². The summed E-state index contributed by atoms with van der Waals surface area (Å²) in [6, 6.07) is 1.55. The maximum Gasteiger partial charge on any atom is 0.253 e. The first-order chi connectivity index (χ1) is 10.3. The van der Waals surface area contributed by atoms with E-state index >= 15 is 0 Å². The molecule has 0 aromatic carbocycles. The fourth-order valence-corrected chi connectivity index (χ4v) is 3.32. The van der Waals surface area contributed by atoms with Crippen molar-refractivity contribution in [1.29, 1.82) is 0 Å². The average molecular weight is 358 g/mol. The highest BCUT2D eigenvalue weighted by Crippen LogP contribution is 2.29. The van der Waals surface area contributed by atoms with Crippen molar-refractivity contribution in [3.8, 4) is 0 Å². The number of hydrogen-bond donors (Lipinski definition) is 1. The van der Waals surface area contributed by atoms with Gasteiger partial charge in [-0.05, 0) is 33.3 Å². The molecule has 1 N–H and O–H groups in total. The van der Waals surface area contributed by atoms with Gasteiger partial charge >= 0.3 is 0 Å². The van der Waals surface area contributed by atoms with Crippen LogP contribution in [-0.4, -0.2) is 15.9 Å². The molecular weight excluding hydrogens is 341 g/mol. The molecule has 2 aromatic rings. The lowest BCUT2D eigenvalue weighted by molar-refractivity contribution is 0.0900. The highest BCUT2D eigenvalue weighted by Gasteiger charge is 2.30. The molecule has 2 heterocycles. The first-order valence-corrected chi connectivity index (χ1v) is 8.48. The number of amides is 1. The summed E-state index contributed by atoms with van der Waals surface area (Å²) >= 11 is 13.4. The van der Waals surface area contributed by atoms with Gasteiger partial charge in [0.05, 0.1) is 21.8 Å². The Bertz CT molecular complexity index is 717. The second kappa shape index (κ2) is 6.52. The molecule has 0 aliphatic carbocycles. The van der Waals surface area contributed by atoms with Crippen molar-refractivity contribution in [3.05, 3.63) is 43.6 Å². The topological polar surface area (TPSA) is 54.9 Å². The van der Waals surface area contributed by atoms with Gasteiger partial charge in [-0.2, -0.15) is 0 Å². The molecule has 118 valence electrons. The molecule has 7 heteroatoms. The summed E-state index contributed by atoms with van der Waals surface area (Å²) in [5, 5.41) is 6.36. The van der Waals surface area contributed by atoms with Gasteiger partial charge in [0.2, 0.25) is 0 Å². The summed E-state index contributed by atoms with van der Waals surface area (Å²) in [4.78, 5) is 21.2. The van der Waals surface area contributed by atoms with Crippen LogP contribution in [0.4, 0.5) is 0 Å². The number of aromatic nitrogens is 2. The maximum atomic E-state index is 12.6. The second-order valence-corrected chi connectivity index (χ2v) is 6.95. The molecule has 0 aliphatic heterocycles. The Kier molecular flexibility index (Phi) is 5.10. The first-order valence-electron chi connectivity index (χ1n) is 6.84. The quantitative estimate of drug-likeness (QED) is 0.818. The Morgan fingerprint density at radius 2 is 2.05 bits per heavy atom. The number of halogens is 2. The molecule has 0 saturated carbocycles. The molecule has 0 spiro atoms. The molecule has 2 aromatic heterocycles. The Labute approximate surface area is 143 Å². The van der Waals surface area contributed by atoms with Crippen LogP contribution in [0.25, 0.3) is 0 Å². The molecule has 2 rings (SSSR count). The highest BCUT2D eigenvalue weighted by molar-refractivity contribution is 7.09. The average Bonchev–Trinajstić information content (AvgIpc) is 2.89. The number of carbonyl (C=O) groups is 1. The van der Waals surface area contributed by atoms with E-state index in [4.69, 9.17) is 23.2 Å². The van der Waals surface area contributed by atoms with Crippen molar-refractivity contribution in [2.45, 2.75) is 39.7 Å². The maximum absolute atomic E-state index is 12.6. The largest absolute Gasteiger partial charge is 0.340 e. The second-order valence-electron chi connectivity index (χ2n) is 5.33. The van der Waals surface area contributed by atoms with Gasteiger partial charge in [0, 0.05) is 11.1 Å². The van der Waals surface area contributed by atoms with Crippen LogP contribution in [-0.2, 0) is 5.54 Å². The smallest absolute Gasteiger partial charge is 0.253 e. The van der Waals surface area contributed by atoms with Crippen LogP contribution in [0.15, 0.2) is 11.4 Å². The van der Waals surface area contributed by atoms with Crippen LogP contribution in [0.1, 0.15) is 47.0 Å². The lowest BCUT2D eigenvalue weighted by Crippen LogP contribution is -2.43. The summed E-state index contributed by atoms with van der Waals surface area (Å²) in [7, 11) is 0. The normalized spacial score (nSPS) is 13.7. The number of hydrogen-bond acceptors (Lipinski definition) is 4. The molecule has 0 saturated heterocycles. The summed E-state index contributed by atoms with van der Waals surface area (Å²) in [5.41, 5.74) is 1.37. The van der Waals surface area contributed by atoms with E-state index < -0.39 is 5.54 Å². The predicted molar refractivity (Wildman–Crippen MR) is 91.0 cm³/mol. The predicted octanol–water partition coefficient (Wildman–Crippen LogP) is 4.52. The lowest BCUT2D eigenvalue weighted by Gasteiger charge is -2.27. The third-order valence-electron chi connectivity index (χ3n) is 3.56. The standard InChI is InChI=1S/C15H17Cl2N3OS/c1-5-15(4,14-18-8(2)7-22-14)20-13(21)10-6-11(16)12(17)19-9(10)3/h6-7H,5H2,1-4H3,(H,20,21). The Morgan fingerprint density at radius 1 is 1.36 bits per heavy atom. The lowest BCUT2D eigenvalue weighted by atomic mass is 9.99. The summed E-state index contributed by atoms with van der Waals surface area (Å²) in [6.07, 6.45) is 0.722. The summed E-state index contributed by atoms with van der Waals surface area (Å²) in [6.45, 7) is 7.64. The monoisotopic (exact) mass is 357 g/mol. The molecule has 0 bridgehead atoms. The van der Waals surface area contributed by atoms with Gasteiger partial charge in [0.1, 0.15) is 10.2 Å². The van der Waals surface area contributed by atoms with Crippen LogP contribution in [0.5, 0.6) is 0 Å². The minimum Gasteiger partial charge on any atom is -0.340 e. The van der Waals surface area contributed by atoms with Crippen LogP contribution in [0.2, 0.25) is 10.2 Å².